The largest absolute Gasteiger partial charge is 0.492 e. The first kappa shape index (κ1) is 41.9. The Morgan fingerprint density at radius 1 is 0.604 bits per heavy atom. The molecule has 0 bridgehead atoms. The van der Waals surface area contributed by atoms with Crippen LogP contribution in [0.2, 0.25) is 0 Å². The molecule has 10 heteroatoms. The highest BCUT2D eigenvalue weighted by Gasteiger charge is 2.30. The SMILES string of the molecule is CCCCCCCCOc1ccc(NS(=O)(=O)c2cc(C(C)(C)CC(C)(C)C)ccc2OCCCCCCCC)cc1S(=O)(=O)NCC. The fourth-order valence-corrected chi connectivity index (χ4v) is 8.62. The second-order valence-electron chi connectivity index (χ2n) is 14.8. The molecule has 48 heavy (non-hydrogen) atoms. The van der Waals surface area contributed by atoms with Crippen molar-refractivity contribution in [2.45, 2.75) is 154 Å². The summed E-state index contributed by atoms with van der Waals surface area (Å²) in [6, 6.07) is 9.82. The minimum Gasteiger partial charge on any atom is -0.492 e. The average Bonchev–Trinajstić information content (AvgIpc) is 2.99. The van der Waals surface area contributed by atoms with E-state index in [4.69, 9.17) is 9.47 Å². The van der Waals surface area contributed by atoms with Gasteiger partial charge in [0.25, 0.3) is 10.0 Å². The molecule has 0 aliphatic rings. The van der Waals surface area contributed by atoms with Crippen LogP contribution in [0.25, 0.3) is 0 Å². The molecule has 0 amide bonds. The number of ether oxygens (including phenoxy) is 2. The highest BCUT2D eigenvalue weighted by atomic mass is 32.2. The summed E-state index contributed by atoms with van der Waals surface area (Å²) >= 11 is 0. The van der Waals surface area contributed by atoms with E-state index in [9.17, 15) is 16.8 Å². The van der Waals surface area contributed by atoms with Gasteiger partial charge in [-0.2, -0.15) is 0 Å². The Labute approximate surface area is 293 Å². The standard InChI is InChI=1S/C38H64N2O6S2/c1-9-12-14-16-18-20-26-45-33-24-22-31(38(7,8)30-37(4,5)6)28-35(33)48(43,44)40-32-23-25-34(36(29-32)47(41,42)39-11-3)46-27-21-19-17-15-13-10-2/h22-25,28-29,39-40H,9-21,26-27,30H2,1-8H3. The third-order valence-electron chi connectivity index (χ3n) is 8.32. The number of sulfonamides is 2. The third-order valence-corrected chi connectivity index (χ3v) is 11.3. The summed E-state index contributed by atoms with van der Waals surface area (Å²) in [6.45, 7) is 17.8. The van der Waals surface area contributed by atoms with Crippen molar-refractivity contribution in [2.75, 3.05) is 24.5 Å². The van der Waals surface area contributed by atoms with Gasteiger partial charge in [0.1, 0.15) is 21.3 Å². The Morgan fingerprint density at radius 2 is 1.08 bits per heavy atom. The maximum Gasteiger partial charge on any atom is 0.265 e. The molecule has 2 aromatic rings. The van der Waals surface area contributed by atoms with E-state index in [1.54, 1.807) is 25.1 Å². The summed E-state index contributed by atoms with van der Waals surface area (Å²) in [5, 5.41) is 0. The monoisotopic (exact) mass is 708 g/mol. The lowest BCUT2D eigenvalue weighted by atomic mass is 9.72. The molecule has 0 saturated carbocycles. The summed E-state index contributed by atoms with van der Waals surface area (Å²) in [5.41, 5.74) is 0.738. The summed E-state index contributed by atoms with van der Waals surface area (Å²) in [7, 11) is -8.12. The molecule has 2 rings (SSSR count). The van der Waals surface area contributed by atoms with Crippen molar-refractivity contribution in [1.29, 1.82) is 0 Å². The summed E-state index contributed by atoms with van der Waals surface area (Å²) in [4.78, 5) is -0.0670. The van der Waals surface area contributed by atoms with Crippen LogP contribution in [0.3, 0.4) is 0 Å². The van der Waals surface area contributed by atoms with Gasteiger partial charge in [-0.3, -0.25) is 4.72 Å². The lowest BCUT2D eigenvalue weighted by Crippen LogP contribution is -2.26. The van der Waals surface area contributed by atoms with Gasteiger partial charge in [-0.1, -0.05) is 126 Å². The summed E-state index contributed by atoms with van der Waals surface area (Å²) in [6.07, 6.45) is 13.9. The lowest BCUT2D eigenvalue weighted by Gasteiger charge is -2.33. The molecule has 0 fully saturated rings. The van der Waals surface area contributed by atoms with Crippen LogP contribution in [-0.4, -0.2) is 36.6 Å². The van der Waals surface area contributed by atoms with Crippen molar-refractivity contribution in [1.82, 2.24) is 4.72 Å². The van der Waals surface area contributed by atoms with E-state index in [0.29, 0.717) is 13.2 Å². The van der Waals surface area contributed by atoms with Gasteiger partial charge in [0.05, 0.1) is 18.9 Å². The molecule has 2 aromatic carbocycles. The van der Waals surface area contributed by atoms with Crippen molar-refractivity contribution in [3.63, 3.8) is 0 Å². The van der Waals surface area contributed by atoms with E-state index in [1.165, 1.54) is 50.7 Å². The molecule has 0 aromatic heterocycles. The van der Waals surface area contributed by atoms with Crippen LogP contribution in [0, 0.1) is 5.41 Å². The minimum atomic E-state index is -4.18. The van der Waals surface area contributed by atoms with Crippen LogP contribution in [0.4, 0.5) is 5.69 Å². The molecule has 2 N–H and O–H groups in total. The quantitative estimate of drug-likeness (QED) is 0.105. The molecule has 0 unspecified atom stereocenters. The van der Waals surface area contributed by atoms with Gasteiger partial charge in [-0.15, -0.1) is 0 Å². The zero-order chi connectivity index (χ0) is 35.8. The van der Waals surface area contributed by atoms with Crippen molar-refractivity contribution in [2.24, 2.45) is 5.41 Å². The normalized spacial score (nSPS) is 12.7. The van der Waals surface area contributed by atoms with Crippen LogP contribution >= 0.6 is 0 Å². The molecule has 0 atom stereocenters. The Balaban J connectivity index is 2.41. The molecular formula is C38H64N2O6S2. The molecule has 274 valence electrons. The van der Waals surface area contributed by atoms with Crippen LogP contribution < -0.4 is 18.9 Å². The fourth-order valence-electron chi connectivity index (χ4n) is 6.19. The molecule has 0 spiro atoms. The number of hydrogen-bond donors (Lipinski definition) is 2. The Morgan fingerprint density at radius 3 is 1.58 bits per heavy atom. The second-order valence-corrected chi connectivity index (χ2v) is 18.2. The fraction of sp³-hybridized carbons (Fsp3) is 0.684. The van der Waals surface area contributed by atoms with Gasteiger partial charge in [0, 0.05) is 6.54 Å². The smallest absolute Gasteiger partial charge is 0.265 e. The number of hydrogen-bond acceptors (Lipinski definition) is 6. The van der Waals surface area contributed by atoms with E-state index in [-0.39, 0.29) is 44.4 Å². The van der Waals surface area contributed by atoms with Crippen LogP contribution in [0.15, 0.2) is 46.2 Å². The van der Waals surface area contributed by atoms with Crippen LogP contribution in [0.5, 0.6) is 11.5 Å². The second kappa shape index (κ2) is 19.8. The number of nitrogens with one attached hydrogen (secondary N) is 2. The zero-order valence-corrected chi connectivity index (χ0v) is 32.7. The van der Waals surface area contributed by atoms with Crippen molar-refractivity contribution < 1.29 is 26.3 Å². The first-order valence-electron chi connectivity index (χ1n) is 18.1. The van der Waals surface area contributed by atoms with Gasteiger partial charge in [-0.25, -0.2) is 21.6 Å². The summed E-state index contributed by atoms with van der Waals surface area (Å²) < 4.78 is 71.8. The van der Waals surface area contributed by atoms with E-state index < -0.39 is 20.0 Å². The zero-order valence-electron chi connectivity index (χ0n) is 31.0. The Bertz CT molecular complexity index is 1460. The highest BCUT2D eigenvalue weighted by Crippen LogP contribution is 2.39. The molecule has 0 aliphatic heterocycles. The van der Waals surface area contributed by atoms with Gasteiger partial charge in [0.2, 0.25) is 10.0 Å². The van der Waals surface area contributed by atoms with E-state index in [1.807, 2.05) is 6.07 Å². The Kier molecular flexibility index (Phi) is 17.3. The van der Waals surface area contributed by atoms with E-state index in [0.717, 1.165) is 50.5 Å². The number of unbranched alkanes of at least 4 members (excludes halogenated alkanes) is 10. The number of rotatable bonds is 24. The van der Waals surface area contributed by atoms with E-state index in [2.05, 4.69) is 57.9 Å². The molecule has 0 heterocycles. The van der Waals surface area contributed by atoms with Crippen LogP contribution in [-0.2, 0) is 25.5 Å². The lowest BCUT2D eigenvalue weighted by molar-refractivity contribution is 0.281. The van der Waals surface area contributed by atoms with Crippen molar-refractivity contribution in [3.8, 4) is 11.5 Å². The van der Waals surface area contributed by atoms with Crippen LogP contribution in [0.1, 0.15) is 144 Å². The Hall–Kier alpha value is -2.30. The summed E-state index contributed by atoms with van der Waals surface area (Å²) in [5.74, 6) is 0.479. The van der Waals surface area contributed by atoms with Crippen molar-refractivity contribution >= 4 is 25.7 Å². The number of anilines is 1. The van der Waals surface area contributed by atoms with Crippen molar-refractivity contribution in [3.05, 3.63) is 42.0 Å². The maximum absolute atomic E-state index is 14.1. The van der Waals surface area contributed by atoms with Gasteiger partial charge < -0.3 is 9.47 Å². The molecule has 0 radical (unpaired) electrons. The predicted octanol–water partition coefficient (Wildman–Crippen LogP) is 9.98. The third kappa shape index (κ3) is 14.3. The first-order chi connectivity index (χ1) is 22.6. The molecule has 0 aliphatic carbocycles. The van der Waals surface area contributed by atoms with E-state index >= 15 is 0 Å². The average molecular weight is 709 g/mol. The molecule has 0 saturated heterocycles. The van der Waals surface area contributed by atoms with Gasteiger partial charge in [-0.05, 0) is 66.0 Å². The molecular weight excluding hydrogens is 645 g/mol. The first-order valence-corrected chi connectivity index (χ1v) is 21.1. The maximum atomic E-state index is 14.1. The minimum absolute atomic E-state index is 0.0288. The highest BCUT2D eigenvalue weighted by molar-refractivity contribution is 7.92. The topological polar surface area (TPSA) is 111 Å². The number of benzene rings is 2. The predicted molar refractivity (Wildman–Crippen MR) is 199 cm³/mol. The molecule has 8 nitrogen and oxygen atoms in total. The van der Waals surface area contributed by atoms with Gasteiger partial charge >= 0.3 is 0 Å². The van der Waals surface area contributed by atoms with Gasteiger partial charge in [0.15, 0.2) is 0 Å².